The first-order valence-corrected chi connectivity index (χ1v) is 10.0. The molecule has 158 valence electrons. The third-order valence-electron chi connectivity index (χ3n) is 4.83. The summed E-state index contributed by atoms with van der Waals surface area (Å²) in [6.45, 7) is 2.33. The average molecular weight is 416 g/mol. The highest BCUT2D eigenvalue weighted by Crippen LogP contribution is 2.19. The molecule has 6 nitrogen and oxygen atoms in total. The Labute approximate surface area is 181 Å². The van der Waals surface area contributed by atoms with Crippen molar-refractivity contribution in [2.75, 3.05) is 11.4 Å². The predicted molar refractivity (Wildman–Crippen MR) is 119 cm³/mol. The quantitative estimate of drug-likeness (QED) is 0.610. The van der Waals surface area contributed by atoms with E-state index >= 15 is 0 Å². The lowest BCUT2D eigenvalue weighted by Crippen LogP contribution is -2.46. The molecule has 0 saturated carbocycles. The highest BCUT2D eigenvalue weighted by atomic mass is 16.4. The Kier molecular flexibility index (Phi) is 7.17. The molecule has 1 N–H and O–H groups in total. The molecular formula is C25H24N2O4. The van der Waals surface area contributed by atoms with Crippen LogP contribution in [0.1, 0.15) is 28.4 Å². The Hall–Kier alpha value is -3.93. The maximum atomic E-state index is 13.5. The minimum absolute atomic E-state index is 0.0727. The lowest BCUT2D eigenvalue weighted by Gasteiger charge is -2.29. The molecule has 0 aliphatic heterocycles. The Morgan fingerprint density at radius 1 is 0.774 bits per heavy atom. The smallest absolute Gasteiger partial charge is 0.331 e. The summed E-state index contributed by atoms with van der Waals surface area (Å²) in [5.74, 6) is -1.31. The summed E-state index contributed by atoms with van der Waals surface area (Å²) in [7, 11) is 0. The summed E-state index contributed by atoms with van der Waals surface area (Å²) in [6.07, 6.45) is -0.0799. The van der Waals surface area contributed by atoms with Crippen LogP contribution in [0.5, 0.6) is 0 Å². The minimum atomic E-state index is -0.912. The molecule has 6 heteroatoms. The number of benzene rings is 3. The van der Waals surface area contributed by atoms with E-state index in [-0.39, 0.29) is 13.0 Å². The molecule has 0 fully saturated rings. The zero-order valence-electron chi connectivity index (χ0n) is 17.3. The molecule has 0 aromatic heterocycles. The maximum absolute atomic E-state index is 13.5. The van der Waals surface area contributed by atoms with E-state index in [0.717, 1.165) is 5.56 Å². The second-order valence-corrected chi connectivity index (χ2v) is 7.01. The van der Waals surface area contributed by atoms with Crippen LogP contribution in [0.25, 0.3) is 0 Å². The molecular weight excluding hydrogens is 392 g/mol. The van der Waals surface area contributed by atoms with Crippen molar-refractivity contribution < 1.29 is 19.5 Å². The standard InChI is InChI=1S/C25H24N2O4/c1-2-26(22-11-7-4-8-12-22)25(31)27(24(30)21-9-5-3-6-10-21)18-20-15-13-19(14-16-20)17-23(28)29/h3-16H,2,17-18H2,1H3,(H,28,29). The topological polar surface area (TPSA) is 77.9 Å². The lowest BCUT2D eigenvalue weighted by atomic mass is 10.1. The molecule has 0 bridgehead atoms. The molecule has 0 saturated heterocycles. The molecule has 0 aliphatic rings. The highest BCUT2D eigenvalue weighted by Gasteiger charge is 2.28. The van der Waals surface area contributed by atoms with E-state index in [0.29, 0.717) is 23.4 Å². The van der Waals surface area contributed by atoms with Gasteiger partial charge in [-0.1, -0.05) is 60.7 Å². The average Bonchev–Trinajstić information content (AvgIpc) is 2.79. The highest BCUT2D eigenvalue weighted by molar-refractivity contribution is 6.08. The van der Waals surface area contributed by atoms with Crippen LogP contribution in [-0.2, 0) is 17.8 Å². The van der Waals surface area contributed by atoms with Gasteiger partial charge in [-0.25, -0.2) is 4.79 Å². The first-order chi connectivity index (χ1) is 15.0. The number of anilines is 1. The molecule has 0 atom stereocenters. The van der Waals surface area contributed by atoms with Crippen molar-refractivity contribution >= 4 is 23.6 Å². The number of carbonyl (C=O) groups excluding carboxylic acids is 2. The molecule has 0 spiro atoms. The van der Waals surface area contributed by atoms with E-state index in [1.807, 2.05) is 43.3 Å². The van der Waals surface area contributed by atoms with Crippen molar-refractivity contribution in [3.8, 4) is 0 Å². The van der Waals surface area contributed by atoms with Gasteiger partial charge in [0, 0.05) is 17.8 Å². The molecule has 0 aliphatic carbocycles. The van der Waals surface area contributed by atoms with Crippen LogP contribution in [-0.4, -0.2) is 34.5 Å². The summed E-state index contributed by atoms with van der Waals surface area (Å²) in [6, 6.07) is 24.4. The van der Waals surface area contributed by atoms with Gasteiger partial charge >= 0.3 is 12.0 Å². The zero-order chi connectivity index (χ0) is 22.2. The van der Waals surface area contributed by atoms with Crippen molar-refractivity contribution in [2.24, 2.45) is 0 Å². The van der Waals surface area contributed by atoms with Gasteiger partial charge in [-0.3, -0.25) is 19.4 Å². The number of aliphatic carboxylic acids is 1. The number of para-hydroxylation sites is 1. The zero-order valence-corrected chi connectivity index (χ0v) is 17.3. The van der Waals surface area contributed by atoms with E-state index < -0.39 is 17.9 Å². The van der Waals surface area contributed by atoms with Crippen LogP contribution >= 0.6 is 0 Å². The molecule has 3 rings (SSSR count). The Morgan fingerprint density at radius 2 is 1.32 bits per heavy atom. The summed E-state index contributed by atoms with van der Waals surface area (Å²) >= 11 is 0. The van der Waals surface area contributed by atoms with E-state index in [1.54, 1.807) is 53.4 Å². The minimum Gasteiger partial charge on any atom is -0.481 e. The molecule has 0 unspecified atom stereocenters. The summed E-state index contributed by atoms with van der Waals surface area (Å²) in [5.41, 5.74) is 2.51. The second-order valence-electron chi connectivity index (χ2n) is 7.01. The van der Waals surface area contributed by atoms with Gasteiger partial charge in [-0.2, -0.15) is 0 Å². The van der Waals surface area contributed by atoms with Crippen molar-refractivity contribution in [3.05, 3.63) is 102 Å². The van der Waals surface area contributed by atoms with Gasteiger partial charge in [0.25, 0.3) is 5.91 Å². The number of hydrogen-bond donors (Lipinski definition) is 1. The van der Waals surface area contributed by atoms with Crippen molar-refractivity contribution in [3.63, 3.8) is 0 Å². The number of hydrogen-bond acceptors (Lipinski definition) is 3. The van der Waals surface area contributed by atoms with Gasteiger partial charge in [-0.05, 0) is 42.3 Å². The lowest BCUT2D eigenvalue weighted by molar-refractivity contribution is -0.136. The Morgan fingerprint density at radius 3 is 1.87 bits per heavy atom. The van der Waals surface area contributed by atoms with Gasteiger partial charge in [0.15, 0.2) is 0 Å². The SMILES string of the molecule is CCN(C(=O)N(Cc1ccc(CC(=O)O)cc1)C(=O)c1ccccc1)c1ccccc1. The van der Waals surface area contributed by atoms with Crippen molar-refractivity contribution in [1.29, 1.82) is 0 Å². The molecule has 3 aromatic carbocycles. The van der Waals surface area contributed by atoms with Crippen LogP contribution in [0.4, 0.5) is 10.5 Å². The number of carboxylic acids is 1. The number of nitrogens with zero attached hydrogens (tertiary/aromatic N) is 2. The van der Waals surface area contributed by atoms with Gasteiger partial charge < -0.3 is 5.11 Å². The number of urea groups is 1. The normalized spacial score (nSPS) is 10.4. The first-order valence-electron chi connectivity index (χ1n) is 10.0. The van der Waals surface area contributed by atoms with E-state index in [4.69, 9.17) is 5.11 Å². The summed E-state index contributed by atoms with van der Waals surface area (Å²) in [4.78, 5) is 40.4. The van der Waals surface area contributed by atoms with Gasteiger partial charge in [0.1, 0.15) is 0 Å². The van der Waals surface area contributed by atoms with Crippen LogP contribution < -0.4 is 4.90 Å². The number of imide groups is 1. The van der Waals surface area contributed by atoms with Crippen LogP contribution in [0.15, 0.2) is 84.9 Å². The molecule has 3 aromatic rings. The Bertz CT molecular complexity index is 1030. The fourth-order valence-corrected chi connectivity index (χ4v) is 3.26. The van der Waals surface area contributed by atoms with Gasteiger partial charge in [-0.15, -0.1) is 0 Å². The third-order valence-corrected chi connectivity index (χ3v) is 4.83. The van der Waals surface area contributed by atoms with Gasteiger partial charge in [0.05, 0.1) is 13.0 Å². The number of amides is 3. The summed E-state index contributed by atoms with van der Waals surface area (Å²) in [5, 5.41) is 8.95. The second kappa shape index (κ2) is 10.2. The van der Waals surface area contributed by atoms with Crippen LogP contribution in [0.3, 0.4) is 0 Å². The number of carbonyl (C=O) groups is 3. The number of carboxylic acid groups (broad SMARTS) is 1. The molecule has 31 heavy (non-hydrogen) atoms. The largest absolute Gasteiger partial charge is 0.481 e. The van der Waals surface area contributed by atoms with E-state index in [2.05, 4.69) is 0 Å². The third kappa shape index (κ3) is 5.57. The fraction of sp³-hybridized carbons (Fsp3) is 0.160. The number of rotatable bonds is 7. The predicted octanol–water partition coefficient (Wildman–Crippen LogP) is 4.60. The molecule has 0 heterocycles. The van der Waals surface area contributed by atoms with E-state index in [1.165, 1.54) is 4.90 Å². The van der Waals surface area contributed by atoms with Crippen molar-refractivity contribution in [2.45, 2.75) is 19.9 Å². The summed E-state index contributed by atoms with van der Waals surface area (Å²) < 4.78 is 0. The van der Waals surface area contributed by atoms with E-state index in [9.17, 15) is 14.4 Å². The van der Waals surface area contributed by atoms with Gasteiger partial charge in [0.2, 0.25) is 0 Å². The monoisotopic (exact) mass is 416 g/mol. The van der Waals surface area contributed by atoms with Crippen molar-refractivity contribution in [1.82, 2.24) is 4.90 Å². The first kappa shape index (κ1) is 21.8. The molecule has 0 radical (unpaired) electrons. The van der Waals surface area contributed by atoms with Crippen LogP contribution in [0.2, 0.25) is 0 Å². The molecule has 3 amide bonds. The fourth-order valence-electron chi connectivity index (χ4n) is 3.26. The maximum Gasteiger partial charge on any atom is 0.331 e. The Balaban J connectivity index is 1.91. The van der Waals surface area contributed by atoms with Crippen LogP contribution in [0, 0.1) is 0 Å².